The van der Waals surface area contributed by atoms with Crippen LogP contribution in [0.15, 0.2) is 12.4 Å². The molecular formula is C18H32N4O. The van der Waals surface area contributed by atoms with Crippen molar-refractivity contribution in [2.45, 2.75) is 52.0 Å². The van der Waals surface area contributed by atoms with Crippen molar-refractivity contribution < 1.29 is 4.79 Å². The molecule has 0 aromatic carbocycles. The van der Waals surface area contributed by atoms with E-state index in [1.165, 1.54) is 0 Å². The Hall–Kier alpha value is -1.36. The molecule has 0 N–H and O–H groups in total. The topological polar surface area (TPSA) is 41.4 Å². The summed E-state index contributed by atoms with van der Waals surface area (Å²) in [6, 6.07) is 0. The highest BCUT2D eigenvalue weighted by atomic mass is 16.2. The van der Waals surface area contributed by atoms with Crippen molar-refractivity contribution >= 4 is 5.91 Å². The molecule has 1 atom stereocenters. The second kappa shape index (κ2) is 8.48. The van der Waals surface area contributed by atoms with Gasteiger partial charge in [0.05, 0.1) is 0 Å². The molecule has 1 amide bonds. The van der Waals surface area contributed by atoms with E-state index < -0.39 is 0 Å². The van der Waals surface area contributed by atoms with Crippen LogP contribution in [-0.4, -0.2) is 59.0 Å². The lowest BCUT2D eigenvalue weighted by molar-refractivity contribution is -0.133. The van der Waals surface area contributed by atoms with E-state index in [1.807, 2.05) is 11.1 Å². The van der Waals surface area contributed by atoms with E-state index >= 15 is 0 Å². The maximum atomic E-state index is 12.3. The van der Waals surface area contributed by atoms with Gasteiger partial charge in [0.1, 0.15) is 5.82 Å². The molecule has 0 saturated carbocycles. The number of amides is 1. The number of aryl methyl sites for hydroxylation is 1. The van der Waals surface area contributed by atoms with Crippen LogP contribution in [0.4, 0.5) is 0 Å². The van der Waals surface area contributed by atoms with Gasteiger partial charge in [0.15, 0.2) is 0 Å². The predicted molar refractivity (Wildman–Crippen MR) is 93.4 cm³/mol. The van der Waals surface area contributed by atoms with Crippen LogP contribution in [-0.2, 0) is 11.3 Å². The third-order valence-corrected chi connectivity index (χ3v) is 4.47. The molecule has 0 spiro atoms. The van der Waals surface area contributed by atoms with Gasteiger partial charge in [-0.15, -0.1) is 0 Å². The first kappa shape index (κ1) is 18.0. The van der Waals surface area contributed by atoms with E-state index in [9.17, 15) is 4.79 Å². The number of hydrogen-bond acceptors (Lipinski definition) is 3. The Balaban J connectivity index is 1.96. The summed E-state index contributed by atoms with van der Waals surface area (Å²) in [4.78, 5) is 21.2. The molecule has 23 heavy (non-hydrogen) atoms. The SMILES string of the molecule is CC(C)CC(=O)N1CCCC(c2nccn2CCCN(C)C)C1. The van der Waals surface area contributed by atoms with Crippen LogP contribution in [0.2, 0.25) is 0 Å². The van der Waals surface area contributed by atoms with Crippen LogP contribution in [0.1, 0.15) is 51.3 Å². The smallest absolute Gasteiger partial charge is 0.222 e. The maximum absolute atomic E-state index is 12.3. The van der Waals surface area contributed by atoms with Crippen molar-refractivity contribution in [3.63, 3.8) is 0 Å². The first-order valence-electron chi connectivity index (χ1n) is 8.91. The average molecular weight is 320 g/mol. The van der Waals surface area contributed by atoms with Crippen LogP contribution in [0.3, 0.4) is 0 Å². The maximum Gasteiger partial charge on any atom is 0.222 e. The molecule has 1 aliphatic heterocycles. The van der Waals surface area contributed by atoms with Gasteiger partial charge in [-0.2, -0.15) is 0 Å². The lowest BCUT2D eigenvalue weighted by atomic mass is 9.96. The molecule has 5 nitrogen and oxygen atoms in total. The minimum absolute atomic E-state index is 0.301. The molecule has 0 radical (unpaired) electrons. The Labute approximate surface area is 140 Å². The predicted octanol–water partition coefficient (Wildman–Crippen LogP) is 2.59. The van der Waals surface area contributed by atoms with Gasteiger partial charge in [0, 0.05) is 44.4 Å². The molecule has 2 heterocycles. The summed E-state index contributed by atoms with van der Waals surface area (Å²) in [6.07, 6.45) is 7.98. The lowest BCUT2D eigenvalue weighted by Gasteiger charge is -2.33. The Morgan fingerprint density at radius 2 is 2.22 bits per heavy atom. The molecule has 1 unspecified atom stereocenters. The van der Waals surface area contributed by atoms with E-state index in [1.54, 1.807) is 0 Å². The largest absolute Gasteiger partial charge is 0.342 e. The molecule has 0 bridgehead atoms. The van der Waals surface area contributed by atoms with Gasteiger partial charge in [-0.3, -0.25) is 4.79 Å². The zero-order valence-electron chi connectivity index (χ0n) is 15.2. The molecule has 1 fully saturated rings. The number of rotatable bonds is 7. The fourth-order valence-electron chi connectivity index (χ4n) is 3.32. The molecule has 2 rings (SSSR count). The standard InChI is InChI=1S/C18H32N4O/c1-15(2)13-17(23)22-10-5-7-16(14-22)18-19-8-12-21(18)11-6-9-20(3)4/h8,12,15-16H,5-7,9-11,13-14H2,1-4H3. The van der Waals surface area contributed by atoms with Gasteiger partial charge >= 0.3 is 0 Å². The molecule has 1 aliphatic rings. The second-order valence-corrected chi connectivity index (χ2v) is 7.41. The summed E-state index contributed by atoms with van der Waals surface area (Å²) >= 11 is 0. The van der Waals surface area contributed by atoms with Crippen LogP contribution in [0.5, 0.6) is 0 Å². The van der Waals surface area contributed by atoms with Gasteiger partial charge in [-0.05, 0) is 45.8 Å². The second-order valence-electron chi connectivity index (χ2n) is 7.41. The number of aromatic nitrogens is 2. The Kier molecular flexibility index (Phi) is 6.63. The molecular weight excluding hydrogens is 288 g/mol. The number of hydrogen-bond donors (Lipinski definition) is 0. The van der Waals surface area contributed by atoms with Crippen LogP contribution >= 0.6 is 0 Å². The van der Waals surface area contributed by atoms with Crippen LogP contribution in [0, 0.1) is 5.92 Å². The van der Waals surface area contributed by atoms with Crippen molar-refractivity contribution in [1.82, 2.24) is 19.4 Å². The number of imidazole rings is 1. The van der Waals surface area contributed by atoms with Crippen molar-refractivity contribution in [2.24, 2.45) is 5.92 Å². The summed E-state index contributed by atoms with van der Waals surface area (Å²) in [7, 11) is 4.21. The fourth-order valence-corrected chi connectivity index (χ4v) is 3.32. The minimum atomic E-state index is 0.301. The first-order chi connectivity index (χ1) is 11.0. The quantitative estimate of drug-likeness (QED) is 0.775. The summed E-state index contributed by atoms with van der Waals surface area (Å²) in [5.74, 6) is 2.27. The number of carbonyl (C=O) groups is 1. The van der Waals surface area contributed by atoms with Gasteiger partial charge in [-0.1, -0.05) is 13.8 Å². The number of carbonyl (C=O) groups excluding carboxylic acids is 1. The monoisotopic (exact) mass is 320 g/mol. The van der Waals surface area contributed by atoms with E-state index in [0.717, 1.165) is 51.3 Å². The molecule has 1 saturated heterocycles. The Morgan fingerprint density at radius 1 is 1.43 bits per heavy atom. The average Bonchev–Trinajstić information content (AvgIpc) is 2.95. The van der Waals surface area contributed by atoms with Crippen molar-refractivity contribution in [1.29, 1.82) is 0 Å². The highest BCUT2D eigenvalue weighted by Crippen LogP contribution is 2.26. The number of piperidine rings is 1. The van der Waals surface area contributed by atoms with Gasteiger partial charge < -0.3 is 14.4 Å². The number of likely N-dealkylation sites (tertiary alicyclic amines) is 1. The zero-order valence-corrected chi connectivity index (χ0v) is 15.2. The van der Waals surface area contributed by atoms with Gasteiger partial charge in [-0.25, -0.2) is 4.98 Å². The third kappa shape index (κ3) is 5.34. The normalized spacial score (nSPS) is 18.9. The first-order valence-corrected chi connectivity index (χ1v) is 8.91. The highest BCUT2D eigenvalue weighted by molar-refractivity contribution is 5.76. The van der Waals surface area contributed by atoms with Gasteiger partial charge in [0.25, 0.3) is 0 Å². The Bertz CT molecular complexity index is 495. The van der Waals surface area contributed by atoms with E-state index in [0.29, 0.717) is 24.2 Å². The van der Waals surface area contributed by atoms with Crippen molar-refractivity contribution in [2.75, 3.05) is 33.7 Å². The summed E-state index contributed by atoms with van der Waals surface area (Å²) in [6.45, 7) is 8.04. The summed E-state index contributed by atoms with van der Waals surface area (Å²) in [5, 5.41) is 0. The van der Waals surface area contributed by atoms with Crippen LogP contribution in [0.25, 0.3) is 0 Å². The third-order valence-electron chi connectivity index (χ3n) is 4.47. The lowest BCUT2D eigenvalue weighted by Crippen LogP contribution is -2.40. The summed E-state index contributed by atoms with van der Waals surface area (Å²) < 4.78 is 2.28. The van der Waals surface area contributed by atoms with Crippen LogP contribution < -0.4 is 0 Å². The number of nitrogens with zero attached hydrogens (tertiary/aromatic N) is 4. The molecule has 1 aromatic heterocycles. The minimum Gasteiger partial charge on any atom is -0.342 e. The zero-order chi connectivity index (χ0) is 16.8. The fraction of sp³-hybridized carbons (Fsp3) is 0.778. The molecule has 0 aliphatic carbocycles. The molecule has 5 heteroatoms. The van der Waals surface area contributed by atoms with E-state index in [2.05, 4.69) is 48.6 Å². The van der Waals surface area contributed by atoms with E-state index in [4.69, 9.17) is 0 Å². The van der Waals surface area contributed by atoms with Crippen molar-refractivity contribution in [3.8, 4) is 0 Å². The van der Waals surface area contributed by atoms with E-state index in [-0.39, 0.29) is 0 Å². The summed E-state index contributed by atoms with van der Waals surface area (Å²) in [5.41, 5.74) is 0. The molecule has 130 valence electrons. The highest BCUT2D eigenvalue weighted by Gasteiger charge is 2.27. The Morgan fingerprint density at radius 3 is 2.91 bits per heavy atom. The van der Waals surface area contributed by atoms with Gasteiger partial charge in [0.2, 0.25) is 5.91 Å². The molecule has 1 aromatic rings. The van der Waals surface area contributed by atoms with Crippen molar-refractivity contribution in [3.05, 3.63) is 18.2 Å².